The molecule has 180 valence electrons. The van der Waals surface area contributed by atoms with E-state index in [1.54, 1.807) is 7.11 Å². The first-order valence-corrected chi connectivity index (χ1v) is 13.0. The number of para-hydroxylation sites is 1. The number of amides is 1. The standard InChI is InChI=1S/C29H37N3O2/c1-34-24-12-10-22(11-13-24)29-26(25-8-4-5-9-27(25)31-29)14-15-28(33)30-23-16-18-32(19-17-23)20-21-6-2-3-7-21/h4-5,8-13,21,23,31H,2-3,6-7,14-20H2,1H3,(H,30,33). The van der Waals surface area contributed by atoms with Crippen molar-refractivity contribution < 1.29 is 9.53 Å². The molecular weight excluding hydrogens is 422 g/mol. The third-order valence-electron chi connectivity index (χ3n) is 7.74. The Morgan fingerprint density at radius 2 is 1.76 bits per heavy atom. The Kier molecular flexibility index (Phi) is 7.19. The van der Waals surface area contributed by atoms with Crippen LogP contribution in [-0.2, 0) is 11.2 Å². The lowest BCUT2D eigenvalue weighted by atomic mass is 9.99. The predicted molar refractivity (Wildman–Crippen MR) is 138 cm³/mol. The SMILES string of the molecule is COc1ccc(-c2[nH]c3ccccc3c2CCC(=O)NC2CCN(CC3CCCC3)CC2)cc1. The molecule has 2 heterocycles. The van der Waals surface area contributed by atoms with Crippen LogP contribution < -0.4 is 10.1 Å². The maximum atomic E-state index is 12.9. The highest BCUT2D eigenvalue weighted by atomic mass is 16.5. The summed E-state index contributed by atoms with van der Waals surface area (Å²) >= 11 is 0. The highest BCUT2D eigenvalue weighted by Gasteiger charge is 2.24. The summed E-state index contributed by atoms with van der Waals surface area (Å²) in [5, 5.41) is 4.52. The summed E-state index contributed by atoms with van der Waals surface area (Å²) in [6, 6.07) is 16.8. The Labute approximate surface area is 202 Å². The number of carbonyl (C=O) groups is 1. The van der Waals surface area contributed by atoms with E-state index in [9.17, 15) is 4.79 Å². The summed E-state index contributed by atoms with van der Waals surface area (Å²) in [7, 11) is 1.68. The number of aromatic amines is 1. The quantitative estimate of drug-likeness (QED) is 0.465. The molecule has 0 unspecified atom stereocenters. The van der Waals surface area contributed by atoms with Gasteiger partial charge in [-0.3, -0.25) is 4.79 Å². The van der Waals surface area contributed by atoms with Crippen LogP contribution in [0.4, 0.5) is 0 Å². The molecule has 5 rings (SSSR count). The van der Waals surface area contributed by atoms with Gasteiger partial charge in [-0.1, -0.05) is 31.0 Å². The lowest BCUT2D eigenvalue weighted by Gasteiger charge is -2.33. The molecule has 34 heavy (non-hydrogen) atoms. The van der Waals surface area contributed by atoms with Crippen LogP contribution in [0.15, 0.2) is 48.5 Å². The van der Waals surface area contributed by atoms with Crippen molar-refractivity contribution in [2.24, 2.45) is 5.92 Å². The zero-order valence-electron chi connectivity index (χ0n) is 20.3. The molecule has 2 aromatic carbocycles. The van der Waals surface area contributed by atoms with Gasteiger partial charge in [0.1, 0.15) is 5.75 Å². The number of ether oxygens (including phenoxy) is 1. The van der Waals surface area contributed by atoms with Crippen LogP contribution >= 0.6 is 0 Å². The fourth-order valence-electron chi connectivity index (χ4n) is 5.82. The molecule has 3 aromatic rings. The van der Waals surface area contributed by atoms with Crippen molar-refractivity contribution in [1.29, 1.82) is 0 Å². The number of fused-ring (bicyclic) bond motifs is 1. The van der Waals surface area contributed by atoms with E-state index in [2.05, 4.69) is 45.5 Å². The van der Waals surface area contributed by atoms with Crippen molar-refractivity contribution in [3.05, 3.63) is 54.1 Å². The Morgan fingerprint density at radius 3 is 2.50 bits per heavy atom. The van der Waals surface area contributed by atoms with E-state index in [1.807, 2.05) is 18.2 Å². The molecule has 2 N–H and O–H groups in total. The molecular formula is C29H37N3O2. The Hall–Kier alpha value is -2.79. The van der Waals surface area contributed by atoms with Crippen LogP contribution in [0.25, 0.3) is 22.2 Å². The highest BCUT2D eigenvalue weighted by molar-refractivity contribution is 5.91. The van der Waals surface area contributed by atoms with Crippen molar-refractivity contribution >= 4 is 16.8 Å². The average Bonchev–Trinajstić information content (AvgIpc) is 3.52. The van der Waals surface area contributed by atoms with Gasteiger partial charge in [0, 0.05) is 48.7 Å². The van der Waals surface area contributed by atoms with E-state index in [1.165, 1.54) is 43.2 Å². The molecule has 1 saturated heterocycles. The molecule has 5 heteroatoms. The second kappa shape index (κ2) is 10.6. The van der Waals surface area contributed by atoms with Gasteiger partial charge in [0.15, 0.2) is 0 Å². The number of aromatic nitrogens is 1. The third kappa shape index (κ3) is 5.30. The van der Waals surface area contributed by atoms with Crippen LogP contribution in [0.2, 0.25) is 0 Å². The Balaban J connectivity index is 1.19. The Morgan fingerprint density at radius 1 is 1.03 bits per heavy atom. The molecule has 0 radical (unpaired) electrons. The van der Waals surface area contributed by atoms with Gasteiger partial charge in [0.25, 0.3) is 0 Å². The summed E-state index contributed by atoms with van der Waals surface area (Å²) in [4.78, 5) is 19.1. The van der Waals surface area contributed by atoms with E-state index in [0.29, 0.717) is 12.5 Å². The van der Waals surface area contributed by atoms with Gasteiger partial charge in [-0.05, 0) is 79.5 Å². The van der Waals surface area contributed by atoms with Crippen molar-refractivity contribution in [3.8, 4) is 17.0 Å². The number of nitrogens with one attached hydrogen (secondary N) is 2. The van der Waals surface area contributed by atoms with Crippen molar-refractivity contribution in [2.75, 3.05) is 26.7 Å². The second-order valence-electron chi connectivity index (χ2n) is 10.0. The first-order valence-electron chi connectivity index (χ1n) is 13.0. The monoisotopic (exact) mass is 459 g/mol. The van der Waals surface area contributed by atoms with E-state index in [0.717, 1.165) is 60.8 Å². The number of methoxy groups -OCH3 is 1. The molecule has 0 bridgehead atoms. The molecule has 5 nitrogen and oxygen atoms in total. The van der Waals surface area contributed by atoms with Gasteiger partial charge in [-0.2, -0.15) is 0 Å². The zero-order valence-corrected chi connectivity index (χ0v) is 20.3. The third-order valence-corrected chi connectivity index (χ3v) is 7.74. The van der Waals surface area contributed by atoms with E-state index in [4.69, 9.17) is 4.74 Å². The number of nitrogens with zero attached hydrogens (tertiary/aromatic N) is 1. The van der Waals surface area contributed by atoms with Crippen LogP contribution in [0.3, 0.4) is 0 Å². The molecule has 1 aliphatic carbocycles. The van der Waals surface area contributed by atoms with Gasteiger partial charge in [0.05, 0.1) is 7.11 Å². The van der Waals surface area contributed by atoms with Crippen molar-refractivity contribution in [1.82, 2.24) is 15.2 Å². The minimum atomic E-state index is 0.167. The van der Waals surface area contributed by atoms with Crippen LogP contribution in [0.5, 0.6) is 5.75 Å². The smallest absolute Gasteiger partial charge is 0.220 e. The molecule has 0 spiro atoms. The normalized spacial score (nSPS) is 17.9. The summed E-state index contributed by atoms with van der Waals surface area (Å²) < 4.78 is 5.32. The van der Waals surface area contributed by atoms with Gasteiger partial charge in [0.2, 0.25) is 5.91 Å². The summed E-state index contributed by atoms with van der Waals surface area (Å²) in [6.07, 6.45) is 9.00. The van der Waals surface area contributed by atoms with E-state index >= 15 is 0 Å². The number of rotatable bonds is 8. The topological polar surface area (TPSA) is 57.4 Å². The van der Waals surface area contributed by atoms with Crippen molar-refractivity contribution in [3.63, 3.8) is 0 Å². The van der Waals surface area contributed by atoms with Crippen LogP contribution in [0, 0.1) is 5.92 Å². The number of H-pyrrole nitrogens is 1. The summed E-state index contributed by atoms with van der Waals surface area (Å²) in [6.45, 7) is 3.49. The molecule has 1 saturated carbocycles. The van der Waals surface area contributed by atoms with Crippen LogP contribution in [0.1, 0.15) is 50.5 Å². The first kappa shape index (κ1) is 23.0. The van der Waals surface area contributed by atoms with Gasteiger partial charge in [-0.25, -0.2) is 0 Å². The van der Waals surface area contributed by atoms with Gasteiger partial charge in [-0.15, -0.1) is 0 Å². The van der Waals surface area contributed by atoms with Gasteiger partial charge >= 0.3 is 0 Å². The highest BCUT2D eigenvalue weighted by Crippen LogP contribution is 2.32. The number of piperidine rings is 1. The predicted octanol–water partition coefficient (Wildman–Crippen LogP) is 5.55. The molecule has 1 aliphatic heterocycles. The van der Waals surface area contributed by atoms with Crippen LogP contribution in [-0.4, -0.2) is 48.6 Å². The number of hydrogen-bond acceptors (Lipinski definition) is 3. The fourth-order valence-corrected chi connectivity index (χ4v) is 5.82. The first-order chi connectivity index (χ1) is 16.7. The largest absolute Gasteiger partial charge is 0.497 e. The number of aryl methyl sites for hydroxylation is 1. The number of carbonyl (C=O) groups excluding carboxylic acids is 1. The van der Waals surface area contributed by atoms with E-state index in [-0.39, 0.29) is 5.91 Å². The van der Waals surface area contributed by atoms with E-state index < -0.39 is 0 Å². The molecule has 2 aliphatic rings. The molecule has 1 amide bonds. The minimum Gasteiger partial charge on any atom is -0.497 e. The van der Waals surface area contributed by atoms with Crippen molar-refractivity contribution in [2.45, 2.75) is 57.4 Å². The maximum absolute atomic E-state index is 12.9. The molecule has 2 fully saturated rings. The number of hydrogen-bond donors (Lipinski definition) is 2. The maximum Gasteiger partial charge on any atom is 0.220 e. The lowest BCUT2D eigenvalue weighted by molar-refractivity contribution is -0.122. The summed E-state index contributed by atoms with van der Waals surface area (Å²) in [5.74, 6) is 1.91. The van der Waals surface area contributed by atoms with Gasteiger partial charge < -0.3 is 19.9 Å². The summed E-state index contributed by atoms with van der Waals surface area (Å²) in [5.41, 5.74) is 4.53. The average molecular weight is 460 g/mol. The number of benzene rings is 2. The Bertz CT molecular complexity index is 1090. The molecule has 0 atom stereocenters. The second-order valence-corrected chi connectivity index (χ2v) is 10.0. The lowest BCUT2D eigenvalue weighted by Crippen LogP contribution is -2.45. The zero-order chi connectivity index (χ0) is 23.3. The minimum absolute atomic E-state index is 0.167. The fraction of sp³-hybridized carbons (Fsp3) is 0.483. The molecule has 1 aromatic heterocycles. The number of likely N-dealkylation sites (tertiary alicyclic amines) is 1.